The molecule has 0 saturated carbocycles. The highest BCUT2D eigenvalue weighted by molar-refractivity contribution is 5.84. The third-order valence-electron chi connectivity index (χ3n) is 3.48. The Bertz CT molecular complexity index is 653. The topological polar surface area (TPSA) is 91.2 Å². The van der Waals surface area contributed by atoms with E-state index >= 15 is 0 Å². The predicted molar refractivity (Wildman–Crippen MR) is 83.0 cm³/mol. The Balaban J connectivity index is 2.01. The highest BCUT2D eigenvalue weighted by Crippen LogP contribution is 2.24. The number of ether oxygens (including phenoxy) is 1. The van der Waals surface area contributed by atoms with Crippen LogP contribution in [0.25, 0.3) is 10.9 Å². The van der Waals surface area contributed by atoms with Gasteiger partial charge in [0.1, 0.15) is 11.3 Å². The number of hydrogen-bond donors (Lipinski definition) is 2. The van der Waals surface area contributed by atoms with Gasteiger partial charge in [0.25, 0.3) is 0 Å². The van der Waals surface area contributed by atoms with Crippen LogP contribution in [0.2, 0.25) is 0 Å². The van der Waals surface area contributed by atoms with Gasteiger partial charge in [-0.2, -0.15) is 0 Å². The minimum Gasteiger partial charge on any atom is -0.491 e. The zero-order valence-electron chi connectivity index (χ0n) is 12.4. The lowest BCUT2D eigenvalue weighted by Crippen LogP contribution is -2.49. The van der Waals surface area contributed by atoms with Crippen molar-refractivity contribution in [2.45, 2.75) is 32.2 Å². The molecule has 112 valence electrons. The first-order valence-electron chi connectivity index (χ1n) is 6.98. The molecule has 0 bridgehead atoms. The van der Waals surface area contributed by atoms with Crippen molar-refractivity contribution in [1.29, 1.82) is 0 Å². The molecule has 0 aliphatic heterocycles. The first kappa shape index (κ1) is 15.3. The zero-order chi connectivity index (χ0) is 15.5. The van der Waals surface area contributed by atoms with Crippen LogP contribution in [0.1, 0.15) is 25.5 Å². The Kier molecular flexibility index (Phi) is 4.43. The fourth-order valence-corrected chi connectivity index (χ4v) is 2.08. The molecule has 1 heterocycles. The maximum atomic E-state index is 11.1. The van der Waals surface area contributed by atoms with E-state index in [9.17, 15) is 4.79 Å². The van der Waals surface area contributed by atoms with Crippen LogP contribution in [0.3, 0.4) is 0 Å². The SMILES string of the molecule is Cc1ccc2cccc(OCCCC(C)(N)C(N)=O)c2n1. The summed E-state index contributed by atoms with van der Waals surface area (Å²) >= 11 is 0. The van der Waals surface area contributed by atoms with E-state index in [1.165, 1.54) is 0 Å². The molecule has 0 aliphatic carbocycles. The zero-order valence-corrected chi connectivity index (χ0v) is 12.4. The Morgan fingerprint density at radius 1 is 1.33 bits per heavy atom. The summed E-state index contributed by atoms with van der Waals surface area (Å²) in [4.78, 5) is 15.7. The Labute approximate surface area is 124 Å². The summed E-state index contributed by atoms with van der Waals surface area (Å²) in [6.45, 7) is 4.05. The summed E-state index contributed by atoms with van der Waals surface area (Å²) in [5.74, 6) is 0.249. The molecule has 1 unspecified atom stereocenters. The number of rotatable bonds is 6. The van der Waals surface area contributed by atoms with Gasteiger partial charge in [0.05, 0.1) is 12.1 Å². The fourth-order valence-electron chi connectivity index (χ4n) is 2.08. The van der Waals surface area contributed by atoms with Gasteiger partial charge >= 0.3 is 0 Å². The van der Waals surface area contributed by atoms with Crippen LogP contribution in [0.15, 0.2) is 30.3 Å². The normalized spacial score (nSPS) is 13.9. The lowest BCUT2D eigenvalue weighted by molar-refractivity contribution is -0.122. The molecular weight excluding hydrogens is 266 g/mol. The van der Waals surface area contributed by atoms with Gasteiger partial charge in [-0.05, 0) is 38.8 Å². The molecule has 0 fully saturated rings. The highest BCUT2D eigenvalue weighted by atomic mass is 16.5. The Hall–Kier alpha value is -2.14. The summed E-state index contributed by atoms with van der Waals surface area (Å²) in [5, 5.41) is 1.04. The van der Waals surface area contributed by atoms with Gasteiger partial charge in [-0.3, -0.25) is 4.79 Å². The van der Waals surface area contributed by atoms with Crippen molar-refractivity contribution in [2.75, 3.05) is 6.61 Å². The fraction of sp³-hybridized carbons (Fsp3) is 0.375. The number of amides is 1. The minimum atomic E-state index is -0.989. The number of benzene rings is 1. The van der Waals surface area contributed by atoms with Crippen LogP contribution in [0, 0.1) is 6.92 Å². The van der Waals surface area contributed by atoms with E-state index in [1.807, 2.05) is 37.3 Å². The number of para-hydroxylation sites is 1. The number of nitrogens with two attached hydrogens (primary N) is 2. The molecule has 0 aliphatic rings. The van der Waals surface area contributed by atoms with Crippen LogP contribution in [0.4, 0.5) is 0 Å². The van der Waals surface area contributed by atoms with Crippen molar-refractivity contribution in [1.82, 2.24) is 4.98 Å². The lowest BCUT2D eigenvalue weighted by atomic mass is 9.97. The predicted octanol–water partition coefficient (Wildman–Crippen LogP) is 1.90. The number of carbonyl (C=O) groups is 1. The number of aryl methyl sites for hydroxylation is 1. The summed E-state index contributed by atoms with van der Waals surface area (Å²) in [6.07, 6.45) is 1.14. The molecule has 1 amide bonds. The number of fused-ring (bicyclic) bond motifs is 1. The van der Waals surface area contributed by atoms with E-state index in [1.54, 1.807) is 6.92 Å². The third kappa shape index (κ3) is 3.70. The third-order valence-corrected chi connectivity index (χ3v) is 3.48. The molecule has 0 saturated heterocycles. The molecule has 0 radical (unpaired) electrons. The number of hydrogen-bond acceptors (Lipinski definition) is 4. The van der Waals surface area contributed by atoms with Crippen molar-refractivity contribution >= 4 is 16.8 Å². The van der Waals surface area contributed by atoms with Gasteiger partial charge in [0.2, 0.25) is 5.91 Å². The molecule has 1 aromatic carbocycles. The molecule has 5 heteroatoms. The van der Waals surface area contributed by atoms with Gasteiger partial charge in [0.15, 0.2) is 0 Å². The minimum absolute atomic E-state index is 0.467. The molecule has 0 spiro atoms. The average Bonchev–Trinajstić information content (AvgIpc) is 2.43. The molecule has 1 aromatic heterocycles. The summed E-state index contributed by atoms with van der Waals surface area (Å²) in [6, 6.07) is 9.82. The molecular formula is C16H21N3O2. The van der Waals surface area contributed by atoms with Crippen molar-refractivity contribution in [3.05, 3.63) is 36.0 Å². The van der Waals surface area contributed by atoms with E-state index in [4.69, 9.17) is 16.2 Å². The van der Waals surface area contributed by atoms with Crippen molar-refractivity contribution in [3.8, 4) is 5.75 Å². The number of primary amides is 1. The quantitative estimate of drug-likeness (QED) is 0.794. The maximum absolute atomic E-state index is 11.1. The van der Waals surface area contributed by atoms with Gasteiger partial charge in [-0.1, -0.05) is 18.2 Å². The van der Waals surface area contributed by atoms with Crippen molar-refractivity contribution < 1.29 is 9.53 Å². The van der Waals surface area contributed by atoms with Crippen molar-refractivity contribution in [2.24, 2.45) is 11.5 Å². The van der Waals surface area contributed by atoms with Gasteiger partial charge in [-0.25, -0.2) is 4.98 Å². The number of pyridine rings is 1. The molecule has 5 nitrogen and oxygen atoms in total. The lowest BCUT2D eigenvalue weighted by Gasteiger charge is -2.20. The van der Waals surface area contributed by atoms with Crippen LogP contribution in [-0.4, -0.2) is 23.0 Å². The summed E-state index contributed by atoms with van der Waals surface area (Å²) in [7, 11) is 0. The molecule has 2 aromatic rings. The Morgan fingerprint density at radius 3 is 2.81 bits per heavy atom. The van der Waals surface area contributed by atoms with Gasteiger partial charge in [-0.15, -0.1) is 0 Å². The second-order valence-corrected chi connectivity index (χ2v) is 5.51. The second-order valence-electron chi connectivity index (χ2n) is 5.51. The first-order chi connectivity index (χ1) is 9.90. The molecule has 1 atom stereocenters. The number of carbonyl (C=O) groups excluding carboxylic acids is 1. The van der Waals surface area contributed by atoms with Crippen LogP contribution in [-0.2, 0) is 4.79 Å². The van der Waals surface area contributed by atoms with E-state index in [0.717, 1.165) is 22.3 Å². The molecule has 2 rings (SSSR count). The van der Waals surface area contributed by atoms with Crippen LogP contribution < -0.4 is 16.2 Å². The second kappa shape index (κ2) is 6.10. The van der Waals surface area contributed by atoms with Crippen LogP contribution >= 0.6 is 0 Å². The monoisotopic (exact) mass is 287 g/mol. The molecule has 21 heavy (non-hydrogen) atoms. The van der Waals surface area contributed by atoms with Crippen LogP contribution in [0.5, 0.6) is 5.75 Å². The average molecular weight is 287 g/mol. The van der Waals surface area contributed by atoms with E-state index in [2.05, 4.69) is 4.98 Å². The van der Waals surface area contributed by atoms with E-state index in [-0.39, 0.29) is 0 Å². The van der Waals surface area contributed by atoms with Gasteiger partial charge in [0, 0.05) is 11.1 Å². The highest BCUT2D eigenvalue weighted by Gasteiger charge is 2.24. The van der Waals surface area contributed by atoms with E-state index < -0.39 is 11.4 Å². The largest absolute Gasteiger partial charge is 0.491 e. The number of aromatic nitrogens is 1. The molecule has 4 N–H and O–H groups in total. The van der Waals surface area contributed by atoms with Crippen molar-refractivity contribution in [3.63, 3.8) is 0 Å². The number of nitrogens with zero attached hydrogens (tertiary/aromatic N) is 1. The smallest absolute Gasteiger partial charge is 0.237 e. The van der Waals surface area contributed by atoms with E-state index in [0.29, 0.717) is 19.4 Å². The standard InChI is InChI=1S/C16H21N3O2/c1-11-7-8-12-5-3-6-13(14(12)19-11)21-10-4-9-16(2,18)15(17)20/h3,5-8H,4,9-10,18H2,1-2H3,(H2,17,20). The summed E-state index contributed by atoms with van der Waals surface area (Å²) < 4.78 is 5.78. The first-order valence-corrected chi connectivity index (χ1v) is 6.98. The summed E-state index contributed by atoms with van der Waals surface area (Å²) in [5.41, 5.74) is 11.9. The Morgan fingerprint density at radius 2 is 2.10 bits per heavy atom. The van der Waals surface area contributed by atoms with Gasteiger partial charge < -0.3 is 16.2 Å². The maximum Gasteiger partial charge on any atom is 0.237 e.